The first-order valence-electron chi connectivity index (χ1n) is 8.85. The molecule has 0 aromatic heterocycles. The number of hydrogen-bond donors (Lipinski definition) is 1. The zero-order valence-electron chi connectivity index (χ0n) is 15.4. The summed E-state index contributed by atoms with van der Waals surface area (Å²) in [6.45, 7) is 0.742. The minimum atomic E-state index is -3.47. The summed E-state index contributed by atoms with van der Waals surface area (Å²) in [7, 11) is -3.47. The van der Waals surface area contributed by atoms with Crippen molar-refractivity contribution in [2.75, 3.05) is 19.3 Å². The van der Waals surface area contributed by atoms with Crippen LogP contribution in [0.25, 0.3) is 0 Å². The molecule has 0 saturated carbocycles. The Balaban J connectivity index is 1.76. The number of halogens is 1. The third kappa shape index (κ3) is 7.88. The number of aryl methyl sites for hydroxylation is 1. The molecule has 0 spiro atoms. The highest BCUT2D eigenvalue weighted by atomic mass is 32.2. The van der Waals surface area contributed by atoms with E-state index in [-0.39, 0.29) is 31.2 Å². The van der Waals surface area contributed by atoms with E-state index in [0.29, 0.717) is 12.1 Å². The van der Waals surface area contributed by atoms with Crippen molar-refractivity contribution in [3.05, 3.63) is 71.5 Å². The third-order valence-electron chi connectivity index (χ3n) is 4.14. The Morgan fingerprint density at radius 2 is 1.70 bits per heavy atom. The molecule has 0 unspecified atom stereocenters. The molecule has 27 heavy (non-hydrogen) atoms. The molecule has 0 atom stereocenters. The van der Waals surface area contributed by atoms with Gasteiger partial charge in [-0.1, -0.05) is 42.5 Å². The number of nitrogens with one attached hydrogen (secondary N) is 1. The molecule has 146 valence electrons. The van der Waals surface area contributed by atoms with Gasteiger partial charge in [-0.05, 0) is 36.1 Å². The van der Waals surface area contributed by atoms with Crippen molar-refractivity contribution in [3.8, 4) is 0 Å². The van der Waals surface area contributed by atoms with E-state index in [1.807, 2.05) is 30.3 Å². The van der Waals surface area contributed by atoms with Crippen LogP contribution < -0.4 is 5.32 Å². The van der Waals surface area contributed by atoms with Crippen molar-refractivity contribution in [3.63, 3.8) is 0 Å². The minimum Gasteiger partial charge on any atom is -0.356 e. The highest BCUT2D eigenvalue weighted by Gasteiger charge is 2.18. The van der Waals surface area contributed by atoms with E-state index in [9.17, 15) is 17.6 Å². The lowest BCUT2D eigenvalue weighted by molar-refractivity contribution is -0.121. The van der Waals surface area contributed by atoms with Crippen LogP contribution in [0.5, 0.6) is 0 Å². The van der Waals surface area contributed by atoms with Crippen LogP contribution in [0.2, 0.25) is 0 Å². The molecule has 2 rings (SSSR count). The zero-order chi connectivity index (χ0) is 19.7. The van der Waals surface area contributed by atoms with Gasteiger partial charge in [0.1, 0.15) is 5.82 Å². The zero-order valence-corrected chi connectivity index (χ0v) is 16.2. The summed E-state index contributed by atoms with van der Waals surface area (Å²) in [6, 6.07) is 15.7. The lowest BCUT2D eigenvalue weighted by atomic mass is 10.1. The summed E-state index contributed by atoms with van der Waals surface area (Å²) in [4.78, 5) is 12.0. The van der Waals surface area contributed by atoms with E-state index in [4.69, 9.17) is 0 Å². The van der Waals surface area contributed by atoms with Crippen LogP contribution in [0.4, 0.5) is 4.39 Å². The second-order valence-electron chi connectivity index (χ2n) is 6.41. The number of benzene rings is 2. The third-order valence-corrected chi connectivity index (χ3v) is 5.39. The van der Waals surface area contributed by atoms with E-state index >= 15 is 0 Å². The van der Waals surface area contributed by atoms with Crippen LogP contribution >= 0.6 is 0 Å². The van der Waals surface area contributed by atoms with Crippen LogP contribution in [-0.2, 0) is 27.8 Å². The molecule has 2 aromatic rings. The largest absolute Gasteiger partial charge is 0.356 e. The molecule has 0 heterocycles. The Morgan fingerprint density at radius 1 is 1.04 bits per heavy atom. The van der Waals surface area contributed by atoms with Crippen molar-refractivity contribution >= 4 is 15.9 Å². The first-order valence-corrected chi connectivity index (χ1v) is 10.7. The SMILES string of the molecule is CS(=O)(=O)N(CCC(=O)NCCCc1ccccc1)Cc1ccc(F)cc1. The lowest BCUT2D eigenvalue weighted by Gasteiger charge is -2.19. The maximum Gasteiger partial charge on any atom is 0.221 e. The Bertz CT molecular complexity index is 824. The van der Waals surface area contributed by atoms with Crippen LogP contribution in [0.15, 0.2) is 54.6 Å². The summed E-state index contributed by atoms with van der Waals surface area (Å²) in [5, 5.41) is 2.82. The van der Waals surface area contributed by atoms with Gasteiger partial charge in [0.15, 0.2) is 0 Å². The fourth-order valence-corrected chi connectivity index (χ4v) is 3.44. The van der Waals surface area contributed by atoms with Gasteiger partial charge in [-0.2, -0.15) is 4.31 Å². The van der Waals surface area contributed by atoms with Gasteiger partial charge in [0.2, 0.25) is 15.9 Å². The van der Waals surface area contributed by atoms with E-state index in [2.05, 4.69) is 5.32 Å². The minimum absolute atomic E-state index is 0.0829. The van der Waals surface area contributed by atoms with Gasteiger partial charge in [-0.15, -0.1) is 0 Å². The summed E-state index contributed by atoms with van der Waals surface area (Å²) >= 11 is 0. The smallest absolute Gasteiger partial charge is 0.221 e. The second-order valence-corrected chi connectivity index (χ2v) is 8.39. The molecule has 0 aliphatic rings. The Labute approximate surface area is 160 Å². The lowest BCUT2D eigenvalue weighted by Crippen LogP contribution is -2.34. The summed E-state index contributed by atoms with van der Waals surface area (Å²) in [5.41, 5.74) is 1.89. The standard InChI is InChI=1S/C20H25FN2O3S/c1-27(25,26)23(16-18-9-11-19(21)12-10-18)15-13-20(24)22-14-5-8-17-6-3-2-4-7-17/h2-4,6-7,9-12H,5,8,13-16H2,1H3,(H,22,24). The molecule has 0 saturated heterocycles. The maximum atomic E-state index is 13.0. The average Bonchev–Trinajstić information content (AvgIpc) is 2.63. The van der Waals surface area contributed by atoms with Crippen LogP contribution in [-0.4, -0.2) is 38.0 Å². The Kier molecular flexibility index (Phi) is 7.94. The van der Waals surface area contributed by atoms with Crippen LogP contribution in [0.1, 0.15) is 24.0 Å². The monoisotopic (exact) mass is 392 g/mol. The molecule has 2 aromatic carbocycles. The molecule has 1 amide bonds. The van der Waals surface area contributed by atoms with E-state index in [1.54, 1.807) is 0 Å². The van der Waals surface area contributed by atoms with E-state index < -0.39 is 10.0 Å². The fourth-order valence-electron chi connectivity index (χ4n) is 2.64. The number of sulfonamides is 1. The van der Waals surface area contributed by atoms with Crippen LogP contribution in [0, 0.1) is 5.82 Å². The van der Waals surface area contributed by atoms with Crippen molar-refractivity contribution in [2.45, 2.75) is 25.8 Å². The first-order chi connectivity index (χ1) is 12.8. The molecule has 7 heteroatoms. The van der Waals surface area contributed by atoms with Crippen molar-refractivity contribution in [2.24, 2.45) is 0 Å². The van der Waals surface area contributed by atoms with Gasteiger partial charge in [-0.25, -0.2) is 12.8 Å². The maximum absolute atomic E-state index is 13.0. The molecular formula is C20H25FN2O3S. The number of hydrogen-bond acceptors (Lipinski definition) is 3. The molecule has 0 fully saturated rings. The normalized spacial score (nSPS) is 11.5. The number of rotatable bonds is 10. The quantitative estimate of drug-likeness (QED) is 0.632. The second kappa shape index (κ2) is 10.2. The van der Waals surface area contributed by atoms with Crippen molar-refractivity contribution in [1.82, 2.24) is 9.62 Å². The van der Waals surface area contributed by atoms with Crippen LogP contribution in [0.3, 0.4) is 0 Å². The highest BCUT2D eigenvalue weighted by molar-refractivity contribution is 7.88. The van der Waals surface area contributed by atoms with E-state index in [0.717, 1.165) is 19.1 Å². The fraction of sp³-hybridized carbons (Fsp3) is 0.350. The highest BCUT2D eigenvalue weighted by Crippen LogP contribution is 2.10. The average molecular weight is 392 g/mol. The number of nitrogens with zero attached hydrogens (tertiary/aromatic N) is 1. The molecule has 0 aliphatic carbocycles. The van der Waals surface area contributed by atoms with Gasteiger partial charge in [0.25, 0.3) is 0 Å². The van der Waals surface area contributed by atoms with Gasteiger partial charge in [0, 0.05) is 26.1 Å². The molecule has 1 N–H and O–H groups in total. The van der Waals surface area contributed by atoms with Gasteiger partial charge in [0.05, 0.1) is 6.26 Å². The summed E-state index contributed by atoms with van der Waals surface area (Å²) < 4.78 is 38.1. The van der Waals surface area contributed by atoms with Crippen molar-refractivity contribution < 1.29 is 17.6 Å². The number of amides is 1. The van der Waals surface area contributed by atoms with E-state index in [1.165, 1.54) is 34.1 Å². The topological polar surface area (TPSA) is 66.5 Å². The Morgan fingerprint density at radius 3 is 2.33 bits per heavy atom. The predicted octanol–water partition coefficient (Wildman–Crippen LogP) is 2.73. The number of carbonyl (C=O) groups excluding carboxylic acids is 1. The summed E-state index contributed by atoms with van der Waals surface area (Å²) in [5.74, 6) is -0.560. The van der Waals surface area contributed by atoms with Crippen molar-refractivity contribution in [1.29, 1.82) is 0 Å². The predicted molar refractivity (Wildman–Crippen MR) is 104 cm³/mol. The molecule has 0 bridgehead atoms. The molecular weight excluding hydrogens is 367 g/mol. The van der Waals surface area contributed by atoms with Gasteiger partial charge in [-0.3, -0.25) is 4.79 Å². The molecule has 0 aliphatic heterocycles. The van der Waals surface area contributed by atoms with Gasteiger partial charge >= 0.3 is 0 Å². The summed E-state index contributed by atoms with van der Waals surface area (Å²) in [6.07, 6.45) is 2.89. The molecule has 0 radical (unpaired) electrons. The number of carbonyl (C=O) groups is 1. The first kappa shape index (κ1) is 21.1. The molecule has 5 nitrogen and oxygen atoms in total. The Hall–Kier alpha value is -2.25. The van der Waals surface area contributed by atoms with Gasteiger partial charge < -0.3 is 5.32 Å².